The molecule has 5 rings (SSSR count). The van der Waals surface area contributed by atoms with Gasteiger partial charge in [-0.05, 0) is 97.5 Å². The quantitative estimate of drug-likeness (QED) is 0.223. The van der Waals surface area contributed by atoms with E-state index in [1.807, 2.05) is 0 Å². The van der Waals surface area contributed by atoms with Crippen LogP contribution in [0.1, 0.15) is 66.4 Å². The predicted molar refractivity (Wildman–Crippen MR) is 179 cm³/mol. The van der Waals surface area contributed by atoms with Gasteiger partial charge in [0.05, 0.1) is 12.2 Å². The number of nitrogens with zero attached hydrogens (tertiary/aromatic N) is 3. The Kier molecular flexibility index (Phi) is 12.1. The molecule has 15 heteroatoms. The summed E-state index contributed by atoms with van der Waals surface area (Å²) in [6, 6.07) is 2.89. The smallest absolute Gasteiger partial charge is 0.415 e. The SMILES string of the molecule is C1CCNCC1.Cc1c(-c2cc3cc(NC(=O)O)ncc3c(NC(=O)OC(C)(C)C)c2F)cnc2c1N(C(=O)OC(C)(C)C)CCO2.F. The number of carbonyl (C=O) groups is 3. The third-order valence-electron chi connectivity index (χ3n) is 7.03. The monoisotopic (exact) mass is 674 g/mol. The van der Waals surface area contributed by atoms with Crippen molar-refractivity contribution in [3.05, 3.63) is 35.9 Å². The van der Waals surface area contributed by atoms with Crippen molar-refractivity contribution in [1.82, 2.24) is 15.3 Å². The second kappa shape index (κ2) is 15.4. The maximum atomic E-state index is 16.3. The molecule has 1 fully saturated rings. The van der Waals surface area contributed by atoms with Crippen molar-refractivity contribution in [2.75, 3.05) is 41.8 Å². The summed E-state index contributed by atoms with van der Waals surface area (Å²) in [5, 5.41) is 17.6. The number of benzene rings is 1. The Balaban J connectivity index is 0.000000804. The normalized spacial score (nSPS) is 14.3. The lowest BCUT2D eigenvalue weighted by molar-refractivity contribution is 0.0564. The zero-order valence-electron chi connectivity index (χ0n) is 28.3. The highest BCUT2D eigenvalue weighted by Gasteiger charge is 2.32. The van der Waals surface area contributed by atoms with Crippen LogP contribution in [0.4, 0.5) is 40.7 Å². The van der Waals surface area contributed by atoms with Gasteiger partial charge in [-0.25, -0.2) is 28.7 Å². The number of halogens is 2. The fraction of sp³-hybridized carbons (Fsp3) is 0.485. The second-order valence-electron chi connectivity index (χ2n) is 13.2. The van der Waals surface area contributed by atoms with Crippen molar-refractivity contribution in [2.45, 2.75) is 78.9 Å². The van der Waals surface area contributed by atoms with Gasteiger partial charge in [0.15, 0.2) is 5.82 Å². The van der Waals surface area contributed by atoms with Gasteiger partial charge in [-0.3, -0.25) is 20.2 Å². The Labute approximate surface area is 277 Å². The molecule has 0 spiro atoms. The average molecular weight is 675 g/mol. The number of hydrogen-bond acceptors (Lipinski definition) is 9. The van der Waals surface area contributed by atoms with Gasteiger partial charge in [0.1, 0.15) is 29.3 Å². The first-order chi connectivity index (χ1) is 22.0. The summed E-state index contributed by atoms with van der Waals surface area (Å²) in [4.78, 5) is 46.7. The molecular formula is C33H44F2N6O7. The summed E-state index contributed by atoms with van der Waals surface area (Å²) in [5.74, 6) is -0.626. The molecule has 2 aliphatic heterocycles. The van der Waals surface area contributed by atoms with Gasteiger partial charge in [0.25, 0.3) is 0 Å². The lowest BCUT2D eigenvalue weighted by atomic mass is 9.96. The van der Waals surface area contributed by atoms with E-state index < -0.39 is 35.3 Å². The molecule has 4 N–H and O–H groups in total. The highest BCUT2D eigenvalue weighted by atomic mass is 19.1. The maximum Gasteiger partial charge on any atom is 0.415 e. The summed E-state index contributed by atoms with van der Waals surface area (Å²) >= 11 is 0. The number of amides is 3. The highest BCUT2D eigenvalue weighted by molar-refractivity contribution is 6.04. The van der Waals surface area contributed by atoms with Crippen LogP contribution in [-0.2, 0) is 9.47 Å². The molecule has 0 aliphatic carbocycles. The van der Waals surface area contributed by atoms with E-state index in [0.29, 0.717) is 22.2 Å². The molecule has 3 aromatic rings. The van der Waals surface area contributed by atoms with E-state index >= 15 is 4.39 Å². The van der Waals surface area contributed by atoms with Crippen LogP contribution >= 0.6 is 0 Å². The molecule has 3 amide bonds. The number of ether oxygens (including phenoxy) is 3. The predicted octanol–water partition coefficient (Wildman–Crippen LogP) is 7.23. The van der Waals surface area contributed by atoms with Crippen LogP contribution in [0.3, 0.4) is 0 Å². The number of carbonyl (C=O) groups excluding carboxylic acids is 2. The molecule has 0 atom stereocenters. The Morgan fingerprint density at radius 1 is 0.958 bits per heavy atom. The zero-order valence-corrected chi connectivity index (χ0v) is 28.3. The van der Waals surface area contributed by atoms with Crippen LogP contribution in [0.25, 0.3) is 21.9 Å². The number of rotatable bonds is 3. The molecule has 262 valence electrons. The molecule has 2 aromatic heterocycles. The Morgan fingerprint density at radius 3 is 2.19 bits per heavy atom. The van der Waals surface area contributed by atoms with Crippen molar-refractivity contribution < 1.29 is 42.8 Å². The molecule has 13 nitrogen and oxygen atoms in total. The van der Waals surface area contributed by atoms with E-state index in [-0.39, 0.29) is 46.2 Å². The number of nitrogens with one attached hydrogen (secondary N) is 3. The molecule has 0 bridgehead atoms. The lowest BCUT2D eigenvalue weighted by Crippen LogP contribution is -2.42. The first-order valence-electron chi connectivity index (χ1n) is 15.5. The number of fused-ring (bicyclic) bond motifs is 2. The molecule has 0 saturated carbocycles. The van der Waals surface area contributed by atoms with Crippen LogP contribution in [0.15, 0.2) is 24.5 Å². The van der Waals surface area contributed by atoms with E-state index in [9.17, 15) is 14.4 Å². The molecule has 0 unspecified atom stereocenters. The fourth-order valence-electron chi connectivity index (χ4n) is 5.08. The van der Waals surface area contributed by atoms with Gasteiger partial charge in [-0.1, -0.05) is 6.42 Å². The molecule has 2 aliphatic rings. The Bertz CT molecular complexity index is 1640. The zero-order chi connectivity index (χ0) is 34.5. The fourth-order valence-corrected chi connectivity index (χ4v) is 5.08. The summed E-state index contributed by atoms with van der Waals surface area (Å²) in [6.07, 6.45) is 4.04. The second-order valence-corrected chi connectivity index (χ2v) is 13.2. The Morgan fingerprint density at radius 2 is 1.62 bits per heavy atom. The van der Waals surface area contributed by atoms with E-state index in [0.717, 1.165) is 0 Å². The van der Waals surface area contributed by atoms with Crippen molar-refractivity contribution >= 4 is 46.2 Å². The summed E-state index contributed by atoms with van der Waals surface area (Å²) < 4.78 is 32.9. The van der Waals surface area contributed by atoms with E-state index in [2.05, 4.69) is 25.9 Å². The molecule has 48 heavy (non-hydrogen) atoms. The van der Waals surface area contributed by atoms with E-state index in [4.69, 9.17) is 19.3 Å². The maximum absolute atomic E-state index is 16.3. The van der Waals surface area contributed by atoms with Gasteiger partial charge in [0, 0.05) is 28.9 Å². The molecule has 4 heterocycles. The molecule has 0 radical (unpaired) electrons. The summed E-state index contributed by atoms with van der Waals surface area (Å²) in [5.41, 5.74) is -0.700. The third-order valence-corrected chi connectivity index (χ3v) is 7.03. The number of aromatic nitrogens is 2. The summed E-state index contributed by atoms with van der Waals surface area (Å²) in [7, 11) is 0. The standard InChI is InChI=1S/C28H32FN5O7.C5H11N.FH/c1-14-17(12-31-23-22(14)34(8-9-39-23)26(38)41-28(5,6)7)16-10-15-11-19(32-24(35)36)30-13-18(15)21(20(16)29)33-25(37)40-27(2,3)4;1-2-4-6-5-3-1;/h10-13H,8-9H2,1-7H3,(H,30,32)(H,33,37)(H,35,36);6H,1-5H2;1H. The van der Waals surface area contributed by atoms with Crippen LogP contribution in [-0.4, -0.2) is 70.8 Å². The van der Waals surface area contributed by atoms with Crippen LogP contribution in [0, 0.1) is 12.7 Å². The van der Waals surface area contributed by atoms with Crippen molar-refractivity contribution in [3.8, 4) is 17.0 Å². The average Bonchev–Trinajstić information content (AvgIpc) is 2.98. The van der Waals surface area contributed by atoms with Gasteiger partial charge in [-0.2, -0.15) is 0 Å². The number of piperidine rings is 1. The minimum atomic E-state index is -1.33. The highest BCUT2D eigenvalue weighted by Crippen LogP contribution is 2.42. The van der Waals surface area contributed by atoms with Gasteiger partial charge >= 0.3 is 18.3 Å². The van der Waals surface area contributed by atoms with Crippen LogP contribution < -0.4 is 25.6 Å². The molecule has 1 saturated heterocycles. The first kappa shape index (κ1) is 37.7. The third kappa shape index (κ3) is 9.62. The number of carboxylic acid groups (broad SMARTS) is 1. The number of hydrogen-bond donors (Lipinski definition) is 4. The Hall–Kier alpha value is -4.79. The summed E-state index contributed by atoms with van der Waals surface area (Å²) in [6.45, 7) is 14.8. The van der Waals surface area contributed by atoms with Gasteiger partial charge in [0.2, 0.25) is 5.88 Å². The lowest BCUT2D eigenvalue weighted by Gasteiger charge is -2.32. The minimum Gasteiger partial charge on any atom is -0.474 e. The number of pyridine rings is 2. The largest absolute Gasteiger partial charge is 0.474 e. The molecule has 1 aromatic carbocycles. The van der Waals surface area contributed by atoms with Crippen molar-refractivity contribution in [1.29, 1.82) is 0 Å². The molecular weight excluding hydrogens is 630 g/mol. The van der Waals surface area contributed by atoms with E-state index in [1.165, 1.54) is 61.8 Å². The van der Waals surface area contributed by atoms with Gasteiger partial charge in [-0.15, -0.1) is 0 Å². The first-order valence-corrected chi connectivity index (χ1v) is 15.5. The van der Waals surface area contributed by atoms with Crippen molar-refractivity contribution in [2.24, 2.45) is 0 Å². The van der Waals surface area contributed by atoms with Crippen molar-refractivity contribution in [3.63, 3.8) is 0 Å². The number of anilines is 3. The van der Waals surface area contributed by atoms with Crippen LogP contribution in [0.5, 0.6) is 5.88 Å². The van der Waals surface area contributed by atoms with Crippen LogP contribution in [0.2, 0.25) is 0 Å². The van der Waals surface area contributed by atoms with E-state index in [1.54, 1.807) is 48.5 Å². The minimum absolute atomic E-state index is 0. The topological polar surface area (TPSA) is 164 Å². The van der Waals surface area contributed by atoms with Gasteiger partial charge < -0.3 is 24.6 Å².